The van der Waals surface area contributed by atoms with Crippen LogP contribution in [0.3, 0.4) is 0 Å². The summed E-state index contributed by atoms with van der Waals surface area (Å²) in [6.07, 6.45) is 0. The van der Waals surface area contributed by atoms with E-state index in [0.29, 0.717) is 10.7 Å². The van der Waals surface area contributed by atoms with Crippen molar-refractivity contribution in [1.82, 2.24) is 9.80 Å². The predicted molar refractivity (Wildman–Crippen MR) is 72.1 cm³/mol. The van der Waals surface area contributed by atoms with Gasteiger partial charge in [-0.25, -0.2) is 14.5 Å². The molecule has 1 aromatic carbocycles. The summed E-state index contributed by atoms with van der Waals surface area (Å²) in [6, 6.07) is 4.30. The van der Waals surface area contributed by atoms with Crippen LogP contribution in [0.1, 0.15) is 5.56 Å². The monoisotopic (exact) mass is 269 g/mol. The van der Waals surface area contributed by atoms with E-state index >= 15 is 0 Å². The summed E-state index contributed by atoms with van der Waals surface area (Å²) in [6.45, 7) is 1.80. The van der Waals surface area contributed by atoms with Gasteiger partial charge < -0.3 is 10.2 Å². The van der Waals surface area contributed by atoms with Crippen molar-refractivity contribution in [3.8, 4) is 0 Å². The first-order valence-corrected chi connectivity index (χ1v) is 5.73. The highest BCUT2D eigenvalue weighted by Crippen LogP contribution is 2.23. The number of halogens is 1. The van der Waals surface area contributed by atoms with Gasteiger partial charge in [0, 0.05) is 31.9 Å². The first-order chi connectivity index (χ1) is 8.34. The van der Waals surface area contributed by atoms with Crippen molar-refractivity contribution in [2.45, 2.75) is 6.92 Å². The Labute approximate surface area is 111 Å². The highest BCUT2D eigenvalue weighted by molar-refractivity contribution is 6.31. The Morgan fingerprint density at radius 2 is 1.83 bits per heavy atom. The second-order valence-corrected chi connectivity index (χ2v) is 4.49. The van der Waals surface area contributed by atoms with E-state index in [9.17, 15) is 9.59 Å². The predicted octanol–water partition coefficient (Wildman–Crippen LogP) is 2.79. The van der Waals surface area contributed by atoms with E-state index in [-0.39, 0.29) is 0 Å². The summed E-state index contributed by atoms with van der Waals surface area (Å²) in [5.41, 5.74) is 1.35. The molecule has 6 heteroatoms. The number of hydrogen-bond acceptors (Lipinski definition) is 2. The number of carbonyl (C=O) groups excluding carboxylic acids is 2. The molecule has 0 aliphatic carbocycles. The minimum Gasteiger partial charge on any atom is -0.330 e. The molecule has 1 N–H and O–H groups in total. The Kier molecular flexibility index (Phi) is 4.55. The van der Waals surface area contributed by atoms with E-state index in [1.807, 2.05) is 0 Å². The second kappa shape index (κ2) is 5.73. The van der Waals surface area contributed by atoms with E-state index in [0.717, 1.165) is 10.5 Å². The number of imide groups is 1. The number of nitrogens with one attached hydrogen (secondary N) is 1. The van der Waals surface area contributed by atoms with Crippen LogP contribution in [0.5, 0.6) is 0 Å². The first-order valence-electron chi connectivity index (χ1n) is 5.35. The third-order valence-corrected chi connectivity index (χ3v) is 2.89. The SMILES string of the molecule is Cc1c(Cl)cccc1NC(=O)N(C)C(=O)N(C)C. The number of anilines is 1. The van der Waals surface area contributed by atoms with Gasteiger partial charge in [-0.2, -0.15) is 0 Å². The summed E-state index contributed by atoms with van der Waals surface area (Å²) in [7, 11) is 4.57. The molecule has 1 rings (SSSR count). The molecule has 5 nitrogen and oxygen atoms in total. The van der Waals surface area contributed by atoms with Crippen LogP contribution in [-0.2, 0) is 0 Å². The molecule has 0 saturated carbocycles. The quantitative estimate of drug-likeness (QED) is 0.852. The highest BCUT2D eigenvalue weighted by atomic mass is 35.5. The smallest absolute Gasteiger partial charge is 0.329 e. The lowest BCUT2D eigenvalue weighted by atomic mass is 10.2. The average molecular weight is 270 g/mol. The summed E-state index contributed by atoms with van der Waals surface area (Å²) >= 11 is 5.95. The van der Waals surface area contributed by atoms with Crippen molar-refractivity contribution in [2.24, 2.45) is 0 Å². The molecule has 0 aromatic heterocycles. The summed E-state index contributed by atoms with van der Waals surface area (Å²) in [4.78, 5) is 25.8. The first kappa shape index (κ1) is 14.3. The maximum atomic E-state index is 11.8. The number of nitrogens with zero attached hydrogens (tertiary/aromatic N) is 2. The minimum atomic E-state index is -0.501. The van der Waals surface area contributed by atoms with Crippen LogP contribution >= 0.6 is 11.6 Å². The molecule has 0 fully saturated rings. The third-order valence-electron chi connectivity index (χ3n) is 2.48. The van der Waals surface area contributed by atoms with Gasteiger partial charge in [-0.1, -0.05) is 17.7 Å². The van der Waals surface area contributed by atoms with Crippen LogP contribution in [0.15, 0.2) is 18.2 Å². The molecule has 0 radical (unpaired) electrons. The molecule has 0 spiro atoms. The van der Waals surface area contributed by atoms with Gasteiger partial charge in [0.15, 0.2) is 0 Å². The van der Waals surface area contributed by atoms with Crippen molar-refractivity contribution in [3.05, 3.63) is 28.8 Å². The second-order valence-electron chi connectivity index (χ2n) is 4.08. The minimum absolute atomic E-state index is 0.396. The molecule has 0 bridgehead atoms. The molecule has 4 amide bonds. The van der Waals surface area contributed by atoms with E-state index in [1.165, 1.54) is 11.9 Å². The van der Waals surface area contributed by atoms with Crippen molar-refractivity contribution < 1.29 is 9.59 Å². The molecule has 0 aliphatic heterocycles. The summed E-state index contributed by atoms with van der Waals surface area (Å²) in [5, 5.41) is 3.21. The summed E-state index contributed by atoms with van der Waals surface area (Å²) < 4.78 is 0. The molecule has 98 valence electrons. The largest absolute Gasteiger partial charge is 0.330 e. The fourth-order valence-electron chi connectivity index (χ4n) is 1.33. The summed E-state index contributed by atoms with van der Waals surface area (Å²) in [5.74, 6) is 0. The van der Waals surface area contributed by atoms with Crippen LogP contribution in [0.25, 0.3) is 0 Å². The molecular weight excluding hydrogens is 254 g/mol. The maximum Gasteiger partial charge on any atom is 0.329 e. The van der Waals surface area contributed by atoms with Crippen LogP contribution in [0, 0.1) is 6.92 Å². The average Bonchev–Trinajstić information content (AvgIpc) is 2.32. The lowest BCUT2D eigenvalue weighted by Gasteiger charge is -2.21. The molecule has 0 saturated heterocycles. The van der Waals surface area contributed by atoms with Crippen molar-refractivity contribution in [2.75, 3.05) is 26.5 Å². The number of carbonyl (C=O) groups is 2. The van der Waals surface area contributed by atoms with Gasteiger partial charge in [0.1, 0.15) is 0 Å². The number of rotatable bonds is 1. The Morgan fingerprint density at radius 3 is 2.39 bits per heavy atom. The number of urea groups is 2. The Balaban J connectivity index is 2.82. The molecule has 0 heterocycles. The van der Waals surface area contributed by atoms with Gasteiger partial charge in [-0.05, 0) is 24.6 Å². The Hall–Kier alpha value is -1.75. The van der Waals surface area contributed by atoms with Gasteiger partial charge in [0.2, 0.25) is 0 Å². The third kappa shape index (κ3) is 3.13. The zero-order chi connectivity index (χ0) is 13.9. The van der Waals surface area contributed by atoms with Gasteiger partial charge in [-0.3, -0.25) is 0 Å². The normalized spacial score (nSPS) is 9.83. The number of amides is 4. The van der Waals surface area contributed by atoms with Crippen LogP contribution in [0.2, 0.25) is 5.02 Å². The topological polar surface area (TPSA) is 52.7 Å². The zero-order valence-electron chi connectivity index (χ0n) is 10.8. The van der Waals surface area contributed by atoms with Crippen LogP contribution in [-0.4, -0.2) is 43.0 Å². The van der Waals surface area contributed by atoms with E-state index in [1.54, 1.807) is 39.2 Å². The molecule has 0 atom stereocenters. The van der Waals surface area contributed by atoms with Gasteiger partial charge in [0.05, 0.1) is 0 Å². The lowest BCUT2D eigenvalue weighted by Crippen LogP contribution is -2.42. The molecule has 18 heavy (non-hydrogen) atoms. The van der Waals surface area contributed by atoms with E-state index in [4.69, 9.17) is 11.6 Å². The Morgan fingerprint density at radius 1 is 1.22 bits per heavy atom. The zero-order valence-corrected chi connectivity index (χ0v) is 11.6. The maximum absolute atomic E-state index is 11.8. The molecule has 1 aromatic rings. The molecule has 0 unspecified atom stereocenters. The van der Waals surface area contributed by atoms with Gasteiger partial charge in [0.25, 0.3) is 0 Å². The Bertz CT molecular complexity index is 474. The lowest BCUT2D eigenvalue weighted by molar-refractivity contribution is 0.182. The van der Waals surface area contributed by atoms with Crippen molar-refractivity contribution >= 4 is 29.4 Å². The number of benzene rings is 1. The molecule has 0 aliphatic rings. The fourth-order valence-corrected chi connectivity index (χ4v) is 1.50. The highest BCUT2D eigenvalue weighted by Gasteiger charge is 2.18. The fraction of sp³-hybridized carbons (Fsp3) is 0.333. The van der Waals surface area contributed by atoms with Gasteiger partial charge in [-0.15, -0.1) is 0 Å². The van der Waals surface area contributed by atoms with Crippen LogP contribution < -0.4 is 5.32 Å². The standard InChI is InChI=1S/C12H16ClN3O2/c1-8-9(13)6-5-7-10(8)14-11(17)16(4)12(18)15(2)3/h5-7H,1-4H3,(H,14,17). The van der Waals surface area contributed by atoms with Crippen molar-refractivity contribution in [1.29, 1.82) is 0 Å². The molecular formula is C12H16ClN3O2. The van der Waals surface area contributed by atoms with Gasteiger partial charge >= 0.3 is 12.1 Å². The van der Waals surface area contributed by atoms with Crippen LogP contribution in [0.4, 0.5) is 15.3 Å². The van der Waals surface area contributed by atoms with Crippen molar-refractivity contribution in [3.63, 3.8) is 0 Å². The van der Waals surface area contributed by atoms with E-state index < -0.39 is 12.1 Å². The number of hydrogen-bond donors (Lipinski definition) is 1. The van der Waals surface area contributed by atoms with E-state index in [2.05, 4.69) is 5.32 Å².